The molecule has 1 atom stereocenters. The molecule has 0 bridgehead atoms. The molecule has 0 aromatic heterocycles. The molecule has 0 N–H and O–H groups in total. The summed E-state index contributed by atoms with van der Waals surface area (Å²) >= 11 is 3.13. The Morgan fingerprint density at radius 2 is 2.36 bits per heavy atom. The van der Waals surface area contributed by atoms with Crippen LogP contribution in [0.15, 0.2) is 16.6 Å². The summed E-state index contributed by atoms with van der Waals surface area (Å²) in [5.74, 6) is 0. The molecule has 11 heavy (non-hydrogen) atoms. The Morgan fingerprint density at radius 3 is 2.91 bits per heavy atom. The molecule has 0 saturated carbocycles. The first-order chi connectivity index (χ1) is 5.34. The summed E-state index contributed by atoms with van der Waals surface area (Å²) in [5, 5.41) is 3.49. The molecule has 0 amide bonds. The van der Waals surface area contributed by atoms with E-state index >= 15 is 0 Å². The van der Waals surface area contributed by atoms with Crippen molar-refractivity contribution in [2.24, 2.45) is 4.99 Å². The van der Waals surface area contributed by atoms with E-state index in [0.717, 1.165) is 0 Å². The average Bonchev–Trinajstić information content (AvgIpc) is 2.37. The summed E-state index contributed by atoms with van der Waals surface area (Å²) in [7, 11) is 0.230. The summed E-state index contributed by atoms with van der Waals surface area (Å²) in [6.45, 7) is 2.23. The molecule has 0 aromatic carbocycles. The van der Waals surface area contributed by atoms with E-state index in [0.29, 0.717) is 0 Å². The van der Waals surface area contributed by atoms with Gasteiger partial charge in [-0.15, -0.1) is 0 Å². The standard InChI is InChI=1S/C8H13NSSe/c1-2-3-4-5-8-9-6-7-10(8)11/h6-7H,2-5H2,1H3. The fourth-order valence-corrected chi connectivity index (χ4v) is 2.94. The van der Waals surface area contributed by atoms with Crippen LogP contribution >= 0.6 is 8.82 Å². The van der Waals surface area contributed by atoms with Gasteiger partial charge in [-0.2, -0.15) is 0 Å². The minimum atomic E-state index is 0.230. The molecule has 0 saturated heterocycles. The molecule has 0 aromatic rings. The Bertz CT molecular complexity index is 208. The molecule has 0 fully saturated rings. The molecule has 1 rings (SSSR count). The Hall–Kier alpha value is 0.279. The Balaban J connectivity index is 2.23. The van der Waals surface area contributed by atoms with Crippen molar-refractivity contribution >= 4 is 28.2 Å². The normalized spacial score (nSPS) is 22.3. The first-order valence-corrected chi connectivity index (χ1v) is 7.29. The van der Waals surface area contributed by atoms with Crippen molar-refractivity contribution in [1.29, 1.82) is 0 Å². The second-order valence-corrected chi connectivity index (χ2v) is 6.16. The predicted molar refractivity (Wildman–Crippen MR) is 54.1 cm³/mol. The summed E-state index contributed by atoms with van der Waals surface area (Å²) in [5.41, 5.74) is 0. The van der Waals surface area contributed by atoms with E-state index in [4.69, 9.17) is 0 Å². The predicted octanol–water partition coefficient (Wildman–Crippen LogP) is 2.80. The summed E-state index contributed by atoms with van der Waals surface area (Å²) < 4.78 is 0. The molecule has 1 heterocycles. The molecule has 0 spiro atoms. The van der Waals surface area contributed by atoms with Crippen LogP contribution in [0, 0.1) is 0 Å². The number of hydrogen-bond acceptors (Lipinski definition) is 1. The van der Waals surface area contributed by atoms with Crippen LogP contribution in [0.5, 0.6) is 0 Å². The van der Waals surface area contributed by atoms with E-state index in [9.17, 15) is 0 Å². The van der Waals surface area contributed by atoms with Gasteiger partial charge in [-0.25, -0.2) is 0 Å². The summed E-state index contributed by atoms with van der Waals surface area (Å²) in [4.78, 5) is 4.31. The van der Waals surface area contributed by atoms with Crippen LogP contribution in [0.1, 0.15) is 32.6 Å². The first-order valence-electron chi connectivity index (χ1n) is 3.98. The third-order valence-electron chi connectivity index (χ3n) is 1.63. The van der Waals surface area contributed by atoms with Crippen LogP contribution < -0.4 is 0 Å². The van der Waals surface area contributed by atoms with E-state index < -0.39 is 0 Å². The van der Waals surface area contributed by atoms with Crippen molar-refractivity contribution in [1.82, 2.24) is 0 Å². The second kappa shape index (κ2) is 5.02. The fraction of sp³-hybridized carbons (Fsp3) is 0.625. The maximum absolute atomic E-state index is 4.31. The molecule has 0 aliphatic carbocycles. The first kappa shape index (κ1) is 9.37. The van der Waals surface area contributed by atoms with Gasteiger partial charge >= 0.3 is 77.5 Å². The van der Waals surface area contributed by atoms with Crippen molar-refractivity contribution in [3.8, 4) is 0 Å². The van der Waals surface area contributed by atoms with Crippen LogP contribution in [0.25, 0.3) is 0 Å². The van der Waals surface area contributed by atoms with Gasteiger partial charge < -0.3 is 0 Å². The van der Waals surface area contributed by atoms with Crippen molar-refractivity contribution in [3.05, 3.63) is 11.6 Å². The van der Waals surface area contributed by atoms with Gasteiger partial charge in [-0.1, -0.05) is 0 Å². The number of unbranched alkanes of at least 4 members (excludes halogenated alkanes) is 2. The van der Waals surface area contributed by atoms with Gasteiger partial charge in [0.15, 0.2) is 0 Å². The van der Waals surface area contributed by atoms with Crippen LogP contribution in [0.3, 0.4) is 0 Å². The van der Waals surface area contributed by atoms with Gasteiger partial charge in [0.2, 0.25) is 0 Å². The van der Waals surface area contributed by atoms with E-state index in [2.05, 4.69) is 31.7 Å². The average molecular weight is 234 g/mol. The number of rotatable bonds is 4. The van der Waals surface area contributed by atoms with Gasteiger partial charge in [0.05, 0.1) is 0 Å². The van der Waals surface area contributed by atoms with E-state index in [-0.39, 0.29) is 8.82 Å². The van der Waals surface area contributed by atoms with E-state index in [1.54, 1.807) is 0 Å². The van der Waals surface area contributed by atoms with Gasteiger partial charge in [-0.3, -0.25) is 0 Å². The van der Waals surface area contributed by atoms with E-state index in [1.165, 1.54) is 30.7 Å². The Labute approximate surface area is 77.6 Å². The zero-order valence-electron chi connectivity index (χ0n) is 6.75. The van der Waals surface area contributed by atoms with Gasteiger partial charge in [0, 0.05) is 0 Å². The molecule has 62 valence electrons. The summed E-state index contributed by atoms with van der Waals surface area (Å²) in [6, 6.07) is 0. The van der Waals surface area contributed by atoms with Crippen molar-refractivity contribution in [3.63, 3.8) is 0 Å². The van der Waals surface area contributed by atoms with E-state index in [1.807, 2.05) is 6.20 Å². The molecule has 3 heteroatoms. The molecule has 0 radical (unpaired) electrons. The fourth-order valence-electron chi connectivity index (χ4n) is 0.991. The van der Waals surface area contributed by atoms with Gasteiger partial charge in [-0.05, 0) is 0 Å². The van der Waals surface area contributed by atoms with Crippen molar-refractivity contribution in [2.75, 3.05) is 0 Å². The third kappa shape index (κ3) is 3.02. The quantitative estimate of drug-likeness (QED) is 0.524. The maximum atomic E-state index is 4.31. The van der Waals surface area contributed by atoms with Crippen molar-refractivity contribution < 1.29 is 0 Å². The zero-order valence-corrected chi connectivity index (χ0v) is 9.28. The van der Waals surface area contributed by atoms with Crippen LogP contribution in [0.2, 0.25) is 0 Å². The SMILES string of the molecule is CCCCCC1=NC=CS1=[Se]. The molecular weight excluding hydrogens is 221 g/mol. The van der Waals surface area contributed by atoms with Gasteiger partial charge in [0.25, 0.3) is 0 Å². The molecular formula is C8H13NSSe. The van der Waals surface area contributed by atoms with Crippen LogP contribution in [-0.2, 0) is 0 Å². The second-order valence-electron chi connectivity index (χ2n) is 2.56. The van der Waals surface area contributed by atoms with Gasteiger partial charge in [0.1, 0.15) is 0 Å². The molecule has 1 unspecified atom stereocenters. The zero-order chi connectivity index (χ0) is 8.10. The minimum absolute atomic E-state index is 0.230. The Kier molecular flexibility index (Phi) is 4.27. The summed E-state index contributed by atoms with van der Waals surface area (Å²) in [6.07, 6.45) is 7.01. The topological polar surface area (TPSA) is 12.4 Å². The third-order valence-corrected chi connectivity index (χ3v) is 4.68. The monoisotopic (exact) mass is 235 g/mol. The molecule has 1 nitrogen and oxygen atoms in total. The molecule has 1 aliphatic heterocycles. The number of hydrogen-bond donors (Lipinski definition) is 0. The Morgan fingerprint density at radius 1 is 1.55 bits per heavy atom. The van der Waals surface area contributed by atoms with Crippen molar-refractivity contribution in [2.45, 2.75) is 32.6 Å². The number of nitrogens with zero attached hydrogens (tertiary/aromatic N) is 1. The number of aliphatic imine (C=N–C) groups is 1. The van der Waals surface area contributed by atoms with Crippen LogP contribution in [0.4, 0.5) is 0 Å². The molecule has 1 aliphatic rings. The van der Waals surface area contributed by atoms with Crippen LogP contribution in [-0.4, -0.2) is 19.4 Å².